The van der Waals surface area contributed by atoms with E-state index in [1.165, 1.54) is 4.90 Å². The lowest BCUT2D eigenvalue weighted by Crippen LogP contribution is -2.55. The summed E-state index contributed by atoms with van der Waals surface area (Å²) >= 11 is 5.68. The number of imide groups is 1. The van der Waals surface area contributed by atoms with Crippen molar-refractivity contribution < 1.29 is 23.9 Å². The number of benzene rings is 1. The van der Waals surface area contributed by atoms with Gasteiger partial charge in [-0.15, -0.1) is 0 Å². The molecule has 1 aromatic carbocycles. The number of rotatable bonds is 2. The van der Waals surface area contributed by atoms with Crippen LogP contribution in [0.25, 0.3) is 0 Å². The van der Waals surface area contributed by atoms with Gasteiger partial charge in [0.05, 0.1) is 16.3 Å². The van der Waals surface area contributed by atoms with Crippen molar-refractivity contribution in [2.75, 3.05) is 11.4 Å². The minimum Gasteiger partial charge on any atom is -0.478 e. The van der Waals surface area contributed by atoms with Crippen molar-refractivity contribution in [2.45, 2.75) is 25.3 Å². The molecule has 2 aliphatic rings. The maximum absolute atomic E-state index is 14.1. The van der Waals surface area contributed by atoms with E-state index in [2.05, 4.69) is 0 Å². The van der Waals surface area contributed by atoms with E-state index < -0.39 is 23.7 Å². The van der Waals surface area contributed by atoms with Crippen LogP contribution < -0.4 is 4.90 Å². The van der Waals surface area contributed by atoms with Crippen LogP contribution in [0.5, 0.6) is 0 Å². The van der Waals surface area contributed by atoms with E-state index in [-0.39, 0.29) is 28.7 Å². The molecule has 0 saturated carbocycles. The lowest BCUT2D eigenvalue weighted by atomic mass is 10.1. The summed E-state index contributed by atoms with van der Waals surface area (Å²) in [4.78, 5) is 38.0. The van der Waals surface area contributed by atoms with Gasteiger partial charge in [0.15, 0.2) is 0 Å². The van der Waals surface area contributed by atoms with Crippen molar-refractivity contribution in [1.29, 1.82) is 0 Å². The Morgan fingerprint density at radius 1 is 1.36 bits per heavy atom. The third-order valence-corrected chi connectivity index (χ3v) is 4.29. The molecule has 0 spiro atoms. The van der Waals surface area contributed by atoms with E-state index in [1.54, 1.807) is 0 Å². The molecule has 1 aromatic rings. The number of fused-ring (bicyclic) bond motifs is 1. The first kappa shape index (κ1) is 14.8. The van der Waals surface area contributed by atoms with Gasteiger partial charge in [-0.2, -0.15) is 0 Å². The average Bonchev–Trinajstić information content (AvgIpc) is 2.88. The first-order valence-corrected chi connectivity index (χ1v) is 7.14. The van der Waals surface area contributed by atoms with E-state index in [9.17, 15) is 18.8 Å². The van der Waals surface area contributed by atoms with Crippen LogP contribution in [0.4, 0.5) is 14.9 Å². The molecule has 0 aromatic heterocycles. The van der Waals surface area contributed by atoms with Crippen molar-refractivity contribution in [3.63, 3.8) is 0 Å². The van der Waals surface area contributed by atoms with Crippen molar-refractivity contribution in [1.82, 2.24) is 4.90 Å². The Bertz CT molecular complexity index is 694. The van der Waals surface area contributed by atoms with Crippen molar-refractivity contribution in [2.24, 2.45) is 0 Å². The van der Waals surface area contributed by atoms with Crippen LogP contribution in [0.15, 0.2) is 12.1 Å². The normalized spacial score (nSPS) is 21.3. The molecule has 22 heavy (non-hydrogen) atoms. The Morgan fingerprint density at radius 3 is 2.77 bits per heavy atom. The molecule has 1 unspecified atom stereocenters. The number of carbonyl (C=O) groups is 3. The zero-order chi connectivity index (χ0) is 16.0. The lowest BCUT2D eigenvalue weighted by molar-refractivity contribution is -0.120. The molecule has 3 rings (SSSR count). The van der Waals surface area contributed by atoms with E-state index in [0.717, 1.165) is 25.0 Å². The summed E-state index contributed by atoms with van der Waals surface area (Å²) < 4.78 is 14.1. The molecule has 0 bridgehead atoms. The highest BCUT2D eigenvalue weighted by atomic mass is 35.5. The predicted molar refractivity (Wildman–Crippen MR) is 75.6 cm³/mol. The van der Waals surface area contributed by atoms with Crippen molar-refractivity contribution >= 4 is 35.2 Å². The largest absolute Gasteiger partial charge is 0.478 e. The molecular weight excluding hydrogens is 315 g/mol. The fraction of sp³-hybridized carbons (Fsp3) is 0.357. The minimum atomic E-state index is -1.36. The van der Waals surface area contributed by atoms with Crippen molar-refractivity contribution in [3.8, 4) is 0 Å². The molecule has 1 N–H and O–H groups in total. The Labute approximate surface area is 130 Å². The molecule has 0 aliphatic carbocycles. The highest BCUT2D eigenvalue weighted by Crippen LogP contribution is 2.33. The van der Waals surface area contributed by atoms with Gasteiger partial charge < -0.3 is 10.0 Å². The molecule has 8 heteroatoms. The van der Waals surface area contributed by atoms with E-state index in [4.69, 9.17) is 16.7 Å². The number of anilines is 1. The number of amides is 3. The van der Waals surface area contributed by atoms with E-state index in [1.807, 2.05) is 0 Å². The molecule has 1 atom stereocenters. The molecule has 3 amide bonds. The fourth-order valence-corrected chi connectivity index (χ4v) is 3.17. The number of carboxylic acid groups (broad SMARTS) is 1. The smallest absolute Gasteiger partial charge is 0.337 e. The van der Waals surface area contributed by atoms with Crippen LogP contribution in [0, 0.1) is 5.82 Å². The topological polar surface area (TPSA) is 77.9 Å². The number of carbonyl (C=O) groups excluding carboxylic acids is 2. The minimum absolute atomic E-state index is 0.107. The zero-order valence-electron chi connectivity index (χ0n) is 11.4. The van der Waals surface area contributed by atoms with Gasteiger partial charge in [-0.25, -0.2) is 18.9 Å². The fourth-order valence-electron chi connectivity index (χ4n) is 2.94. The molecule has 2 saturated heterocycles. The molecule has 0 radical (unpaired) electrons. The van der Waals surface area contributed by atoms with Gasteiger partial charge in [0, 0.05) is 19.0 Å². The second kappa shape index (κ2) is 5.24. The number of nitrogens with zero attached hydrogens (tertiary/aromatic N) is 2. The van der Waals surface area contributed by atoms with Crippen LogP contribution in [0.3, 0.4) is 0 Å². The molecule has 2 aliphatic heterocycles. The number of aromatic carboxylic acids is 1. The number of hydrogen-bond donors (Lipinski definition) is 1. The SMILES string of the molecule is O=C(O)c1cc(N2C(=O)CC3CCCN3C2=O)c(F)cc1Cl. The second-order valence-electron chi connectivity index (χ2n) is 5.29. The number of carboxylic acids is 1. The second-order valence-corrected chi connectivity index (χ2v) is 5.70. The monoisotopic (exact) mass is 326 g/mol. The van der Waals surface area contributed by atoms with Gasteiger partial charge in [0.1, 0.15) is 5.82 Å². The summed E-state index contributed by atoms with van der Waals surface area (Å²) in [5.74, 6) is -2.80. The maximum Gasteiger partial charge on any atom is 0.337 e. The van der Waals surface area contributed by atoms with Gasteiger partial charge in [-0.3, -0.25) is 4.79 Å². The highest BCUT2D eigenvalue weighted by Gasteiger charge is 2.42. The summed E-state index contributed by atoms with van der Waals surface area (Å²) in [5, 5.41) is 8.77. The van der Waals surface area contributed by atoms with Crippen LogP contribution in [0.1, 0.15) is 29.6 Å². The summed E-state index contributed by atoms with van der Waals surface area (Å²) in [6.07, 6.45) is 1.64. The molecule has 116 valence electrons. The summed E-state index contributed by atoms with van der Waals surface area (Å²) in [6.45, 7) is 0.508. The summed E-state index contributed by atoms with van der Waals surface area (Å²) in [5.41, 5.74) is -0.732. The molecular formula is C14H12ClFN2O4. The standard InChI is InChI=1S/C14H12ClFN2O4/c15-9-6-10(16)11(5-8(9)13(20)21)18-12(19)4-7-2-1-3-17(7)14(18)22/h5-7H,1-4H2,(H,20,21). The Kier molecular flexibility index (Phi) is 3.52. The molecule has 2 fully saturated rings. The van der Waals surface area contributed by atoms with Crippen LogP contribution >= 0.6 is 11.6 Å². The van der Waals surface area contributed by atoms with Crippen LogP contribution in [0.2, 0.25) is 5.02 Å². The average molecular weight is 327 g/mol. The summed E-state index contributed by atoms with van der Waals surface area (Å²) in [7, 11) is 0. The van der Waals surface area contributed by atoms with E-state index in [0.29, 0.717) is 11.4 Å². The number of halogens is 2. The van der Waals surface area contributed by atoms with Gasteiger partial charge >= 0.3 is 12.0 Å². The first-order valence-electron chi connectivity index (χ1n) is 6.76. The lowest BCUT2D eigenvalue weighted by Gasteiger charge is -2.36. The predicted octanol–water partition coefficient (Wildman–Crippen LogP) is 2.50. The maximum atomic E-state index is 14.1. The van der Waals surface area contributed by atoms with Gasteiger partial charge in [-0.05, 0) is 25.0 Å². The van der Waals surface area contributed by atoms with Gasteiger partial charge in [0.25, 0.3) is 0 Å². The molecule has 6 nitrogen and oxygen atoms in total. The van der Waals surface area contributed by atoms with Gasteiger partial charge in [0.2, 0.25) is 5.91 Å². The Hall–Kier alpha value is -2.15. The third-order valence-electron chi connectivity index (χ3n) is 3.98. The van der Waals surface area contributed by atoms with Crippen LogP contribution in [-0.4, -0.2) is 40.5 Å². The quantitative estimate of drug-likeness (QED) is 0.905. The first-order chi connectivity index (χ1) is 10.4. The number of hydrogen-bond acceptors (Lipinski definition) is 3. The number of urea groups is 1. The Balaban J connectivity index is 2.06. The third kappa shape index (κ3) is 2.21. The zero-order valence-corrected chi connectivity index (χ0v) is 12.1. The molecule has 2 heterocycles. The van der Waals surface area contributed by atoms with Crippen LogP contribution in [-0.2, 0) is 4.79 Å². The summed E-state index contributed by atoms with van der Waals surface area (Å²) in [6, 6.07) is 0.963. The van der Waals surface area contributed by atoms with Crippen molar-refractivity contribution in [3.05, 3.63) is 28.5 Å². The van der Waals surface area contributed by atoms with E-state index >= 15 is 0 Å². The highest BCUT2D eigenvalue weighted by molar-refractivity contribution is 6.33. The van der Waals surface area contributed by atoms with Gasteiger partial charge in [-0.1, -0.05) is 11.6 Å². The Morgan fingerprint density at radius 2 is 2.09 bits per heavy atom.